The van der Waals surface area contributed by atoms with Gasteiger partial charge in [-0.15, -0.1) is 0 Å². The number of benzene rings is 1. The summed E-state index contributed by atoms with van der Waals surface area (Å²) in [4.78, 5) is 16.6. The van der Waals surface area contributed by atoms with Crippen molar-refractivity contribution in [2.24, 2.45) is 0 Å². The van der Waals surface area contributed by atoms with E-state index < -0.39 is 0 Å². The summed E-state index contributed by atoms with van der Waals surface area (Å²) in [6.45, 7) is 8.54. The monoisotopic (exact) mass is 381 g/mol. The number of urea groups is 1. The molecule has 1 aliphatic carbocycles. The molecule has 0 radical (unpaired) electrons. The number of amides is 2. The summed E-state index contributed by atoms with van der Waals surface area (Å²) in [5.74, 6) is 0.679. The Kier molecular flexibility index (Phi) is 6.22. The van der Waals surface area contributed by atoms with Gasteiger partial charge in [-0.2, -0.15) is 0 Å². The summed E-state index contributed by atoms with van der Waals surface area (Å²) in [6, 6.07) is 12.0. The second kappa shape index (κ2) is 8.63. The van der Waals surface area contributed by atoms with Gasteiger partial charge in [0.1, 0.15) is 6.10 Å². The van der Waals surface area contributed by atoms with Gasteiger partial charge in [0.2, 0.25) is 5.88 Å². The molecule has 3 rings (SSSR count). The molecule has 5 nitrogen and oxygen atoms in total. The number of nitrogens with zero attached hydrogens (tertiary/aromatic N) is 1. The van der Waals surface area contributed by atoms with E-state index in [-0.39, 0.29) is 23.6 Å². The van der Waals surface area contributed by atoms with Gasteiger partial charge in [-0.05, 0) is 61.3 Å². The summed E-state index contributed by atoms with van der Waals surface area (Å²) in [6.07, 6.45) is 5.64. The topological polar surface area (TPSA) is 63.2 Å². The van der Waals surface area contributed by atoms with Gasteiger partial charge in [0, 0.05) is 24.0 Å². The number of carbonyl (C=O) groups is 1. The number of aromatic nitrogens is 1. The lowest BCUT2D eigenvalue weighted by molar-refractivity contribution is 0.135. The summed E-state index contributed by atoms with van der Waals surface area (Å²) >= 11 is 0. The van der Waals surface area contributed by atoms with Crippen LogP contribution < -0.4 is 15.4 Å². The average Bonchev–Trinajstić information content (AvgIpc) is 2.65. The molecular formula is C23H31N3O2. The molecule has 1 heterocycles. The van der Waals surface area contributed by atoms with Crippen LogP contribution in [0.5, 0.6) is 5.88 Å². The van der Waals surface area contributed by atoms with Gasteiger partial charge in [-0.3, -0.25) is 0 Å². The molecule has 0 unspecified atom stereocenters. The van der Waals surface area contributed by atoms with Crippen LogP contribution in [0.1, 0.15) is 57.6 Å². The lowest BCUT2D eigenvalue weighted by Crippen LogP contribution is -2.41. The predicted molar refractivity (Wildman–Crippen MR) is 113 cm³/mol. The van der Waals surface area contributed by atoms with E-state index in [0.29, 0.717) is 5.88 Å². The second-order valence-corrected chi connectivity index (χ2v) is 8.69. The minimum atomic E-state index is -0.145. The molecule has 28 heavy (non-hydrogen) atoms. The van der Waals surface area contributed by atoms with Crippen LogP contribution >= 0.6 is 0 Å². The van der Waals surface area contributed by atoms with Crippen molar-refractivity contribution in [1.82, 2.24) is 10.3 Å². The summed E-state index contributed by atoms with van der Waals surface area (Å²) in [5.41, 5.74) is 3.29. The Morgan fingerprint density at radius 3 is 2.29 bits per heavy atom. The standard InChI is InChI=1S/C23H31N3O2/c1-16-5-14-21(24-15-16)28-20-12-10-19(11-13-20)26-22(27)25-18-8-6-17(7-9-18)23(2,3)4/h5-9,14-15,19-20H,10-13H2,1-4H3,(H2,25,26,27). The van der Waals surface area contributed by atoms with Crippen molar-refractivity contribution in [2.45, 2.75) is 70.9 Å². The summed E-state index contributed by atoms with van der Waals surface area (Å²) < 4.78 is 5.96. The molecule has 2 N–H and O–H groups in total. The first kappa shape index (κ1) is 20.2. The lowest BCUT2D eigenvalue weighted by atomic mass is 9.87. The van der Waals surface area contributed by atoms with E-state index in [9.17, 15) is 4.79 Å². The van der Waals surface area contributed by atoms with Crippen LogP contribution in [0.4, 0.5) is 10.5 Å². The molecule has 0 aliphatic heterocycles. The van der Waals surface area contributed by atoms with Crippen molar-refractivity contribution in [3.63, 3.8) is 0 Å². The second-order valence-electron chi connectivity index (χ2n) is 8.69. The molecule has 1 aromatic heterocycles. The van der Waals surface area contributed by atoms with E-state index in [4.69, 9.17) is 4.74 Å². The summed E-state index contributed by atoms with van der Waals surface area (Å²) in [7, 11) is 0. The molecule has 0 bridgehead atoms. The molecule has 1 aromatic carbocycles. The van der Waals surface area contributed by atoms with Gasteiger partial charge >= 0.3 is 6.03 Å². The molecule has 1 saturated carbocycles. The molecule has 2 aromatic rings. The number of ether oxygens (including phenoxy) is 1. The van der Waals surface area contributed by atoms with Crippen molar-refractivity contribution >= 4 is 11.7 Å². The van der Waals surface area contributed by atoms with Gasteiger partial charge < -0.3 is 15.4 Å². The smallest absolute Gasteiger partial charge is 0.319 e. The zero-order valence-electron chi connectivity index (χ0n) is 17.3. The quantitative estimate of drug-likeness (QED) is 0.765. The van der Waals surface area contributed by atoms with Crippen molar-refractivity contribution in [2.75, 3.05) is 5.32 Å². The zero-order valence-corrected chi connectivity index (χ0v) is 17.3. The van der Waals surface area contributed by atoms with Gasteiger partial charge in [0.25, 0.3) is 0 Å². The maximum atomic E-state index is 12.3. The third kappa shape index (κ3) is 5.72. The number of hydrogen-bond acceptors (Lipinski definition) is 3. The number of pyridine rings is 1. The van der Waals surface area contributed by atoms with Crippen LogP contribution in [-0.2, 0) is 5.41 Å². The Bertz CT molecular complexity index is 771. The fourth-order valence-electron chi connectivity index (χ4n) is 3.43. The van der Waals surface area contributed by atoms with Crippen molar-refractivity contribution in [3.05, 3.63) is 53.7 Å². The molecular weight excluding hydrogens is 350 g/mol. The molecule has 1 fully saturated rings. The number of aryl methyl sites for hydroxylation is 1. The minimum absolute atomic E-state index is 0.107. The number of carbonyl (C=O) groups excluding carboxylic acids is 1. The first-order valence-electron chi connectivity index (χ1n) is 10.1. The van der Waals surface area contributed by atoms with Crippen molar-refractivity contribution in [1.29, 1.82) is 0 Å². The molecule has 0 atom stereocenters. The van der Waals surface area contributed by atoms with Gasteiger partial charge in [0.05, 0.1) is 0 Å². The highest BCUT2D eigenvalue weighted by molar-refractivity contribution is 5.89. The Labute approximate surface area is 167 Å². The maximum Gasteiger partial charge on any atom is 0.319 e. The Morgan fingerprint density at radius 2 is 1.71 bits per heavy atom. The normalized spacial score (nSPS) is 19.7. The van der Waals surface area contributed by atoms with Gasteiger partial charge in [0.15, 0.2) is 0 Å². The molecule has 0 spiro atoms. The first-order valence-corrected chi connectivity index (χ1v) is 10.1. The number of hydrogen-bond donors (Lipinski definition) is 2. The number of nitrogens with one attached hydrogen (secondary N) is 2. The predicted octanol–water partition coefficient (Wildman–Crippen LogP) is 5.20. The highest BCUT2D eigenvalue weighted by Gasteiger charge is 2.24. The van der Waals surface area contributed by atoms with E-state index in [0.717, 1.165) is 36.9 Å². The van der Waals surface area contributed by atoms with Crippen molar-refractivity contribution in [3.8, 4) is 5.88 Å². The maximum absolute atomic E-state index is 12.3. The van der Waals surface area contributed by atoms with Gasteiger partial charge in [-0.1, -0.05) is 39.0 Å². The average molecular weight is 382 g/mol. The largest absolute Gasteiger partial charge is 0.474 e. The van der Waals surface area contributed by atoms with Crippen molar-refractivity contribution < 1.29 is 9.53 Å². The van der Waals surface area contributed by atoms with Gasteiger partial charge in [-0.25, -0.2) is 9.78 Å². The van der Waals surface area contributed by atoms with E-state index in [1.807, 2.05) is 37.4 Å². The van der Waals surface area contributed by atoms with Crippen LogP contribution in [0.15, 0.2) is 42.6 Å². The third-order valence-electron chi connectivity index (χ3n) is 5.19. The van der Waals surface area contributed by atoms with E-state index >= 15 is 0 Å². The molecule has 150 valence electrons. The van der Waals surface area contributed by atoms with Crippen LogP contribution in [0.25, 0.3) is 0 Å². The fraction of sp³-hybridized carbons (Fsp3) is 0.478. The van der Waals surface area contributed by atoms with E-state index in [1.54, 1.807) is 0 Å². The van der Waals surface area contributed by atoms with E-state index in [2.05, 4.69) is 48.5 Å². The Hall–Kier alpha value is -2.56. The molecule has 2 amide bonds. The fourth-order valence-corrected chi connectivity index (χ4v) is 3.43. The minimum Gasteiger partial charge on any atom is -0.474 e. The number of rotatable bonds is 4. The summed E-state index contributed by atoms with van der Waals surface area (Å²) in [5, 5.41) is 6.02. The van der Waals surface area contributed by atoms with Crippen LogP contribution in [-0.4, -0.2) is 23.2 Å². The van der Waals surface area contributed by atoms with Crippen LogP contribution in [0.2, 0.25) is 0 Å². The Balaban J connectivity index is 1.42. The van der Waals surface area contributed by atoms with E-state index in [1.165, 1.54) is 5.56 Å². The SMILES string of the molecule is Cc1ccc(OC2CCC(NC(=O)Nc3ccc(C(C)(C)C)cc3)CC2)nc1. The molecule has 5 heteroatoms. The number of anilines is 1. The van der Waals surface area contributed by atoms with Crippen LogP contribution in [0.3, 0.4) is 0 Å². The lowest BCUT2D eigenvalue weighted by Gasteiger charge is -2.29. The molecule has 1 aliphatic rings. The highest BCUT2D eigenvalue weighted by atomic mass is 16.5. The van der Waals surface area contributed by atoms with Crippen LogP contribution in [0, 0.1) is 6.92 Å². The molecule has 0 saturated heterocycles. The Morgan fingerprint density at radius 1 is 1.04 bits per heavy atom. The first-order chi connectivity index (χ1) is 13.3. The third-order valence-corrected chi connectivity index (χ3v) is 5.19. The highest BCUT2D eigenvalue weighted by Crippen LogP contribution is 2.24. The zero-order chi connectivity index (χ0) is 20.1.